The van der Waals surface area contributed by atoms with Crippen LogP contribution < -0.4 is 0 Å². The Morgan fingerprint density at radius 1 is 1.56 bits per heavy atom. The number of ether oxygens (including phenoxy) is 1. The molecular weight excluding hydrogens is 317 g/mol. The van der Waals surface area contributed by atoms with Gasteiger partial charge in [0.05, 0.1) is 35.6 Å². The molecule has 0 aliphatic rings. The van der Waals surface area contributed by atoms with Crippen molar-refractivity contribution in [3.8, 4) is 0 Å². The third kappa shape index (κ3) is 4.58. The molecule has 1 heterocycles. The topological polar surface area (TPSA) is 47.3 Å². The summed E-state index contributed by atoms with van der Waals surface area (Å²) >= 11 is 3.16. The molecule has 0 fully saturated rings. The first-order valence-electron chi connectivity index (χ1n) is 5.30. The monoisotopic (exact) mass is 330 g/mol. The quantitative estimate of drug-likeness (QED) is 0.872. The number of nitrogens with zero attached hydrogens (tertiary/aromatic N) is 2. The van der Waals surface area contributed by atoms with E-state index in [1.54, 1.807) is 0 Å². The van der Waals surface area contributed by atoms with E-state index in [0.29, 0.717) is 23.3 Å². The summed E-state index contributed by atoms with van der Waals surface area (Å²) in [6.07, 6.45) is -5.45. The maximum Gasteiger partial charge on any atom is 0.389 e. The lowest BCUT2D eigenvalue weighted by atomic mass is 10.1. The summed E-state index contributed by atoms with van der Waals surface area (Å²) in [5.74, 6) is 0. The van der Waals surface area contributed by atoms with Gasteiger partial charge in [-0.2, -0.15) is 18.3 Å². The van der Waals surface area contributed by atoms with E-state index in [1.807, 2.05) is 0 Å². The number of aliphatic hydroxyl groups is 1. The van der Waals surface area contributed by atoms with Gasteiger partial charge in [-0.3, -0.25) is 4.68 Å². The van der Waals surface area contributed by atoms with Gasteiger partial charge >= 0.3 is 6.18 Å². The molecule has 0 saturated carbocycles. The number of aliphatic hydroxyl groups excluding tert-OH is 1. The number of methoxy groups -OCH3 is 1. The Kier molecular flexibility index (Phi) is 5.61. The van der Waals surface area contributed by atoms with Gasteiger partial charge in [0, 0.05) is 13.5 Å². The molecule has 1 aromatic heterocycles. The Morgan fingerprint density at radius 3 is 2.78 bits per heavy atom. The second-order valence-corrected chi connectivity index (χ2v) is 4.62. The van der Waals surface area contributed by atoms with Crippen LogP contribution in [0.2, 0.25) is 0 Å². The van der Waals surface area contributed by atoms with Crippen molar-refractivity contribution in [2.24, 2.45) is 0 Å². The van der Waals surface area contributed by atoms with Gasteiger partial charge in [0.15, 0.2) is 0 Å². The van der Waals surface area contributed by atoms with E-state index < -0.39 is 18.7 Å². The molecule has 104 valence electrons. The SMILES string of the molecule is COCCn1ncc(Br)c1C(O)CCC(F)(F)F. The number of rotatable bonds is 6. The average molecular weight is 331 g/mol. The molecule has 0 aromatic carbocycles. The number of aromatic nitrogens is 2. The van der Waals surface area contributed by atoms with Crippen molar-refractivity contribution in [3.63, 3.8) is 0 Å². The highest BCUT2D eigenvalue weighted by molar-refractivity contribution is 9.10. The fourth-order valence-corrected chi connectivity index (χ4v) is 2.06. The van der Waals surface area contributed by atoms with Crippen LogP contribution in [0.5, 0.6) is 0 Å². The first-order chi connectivity index (χ1) is 8.35. The van der Waals surface area contributed by atoms with Crippen LogP contribution >= 0.6 is 15.9 Å². The average Bonchev–Trinajstić information content (AvgIpc) is 2.64. The van der Waals surface area contributed by atoms with Crippen molar-refractivity contribution < 1.29 is 23.0 Å². The van der Waals surface area contributed by atoms with Gasteiger partial charge in [0.1, 0.15) is 0 Å². The molecule has 1 atom stereocenters. The lowest BCUT2D eigenvalue weighted by molar-refractivity contribution is -0.140. The van der Waals surface area contributed by atoms with E-state index in [1.165, 1.54) is 18.0 Å². The normalized spacial score (nSPS) is 13.9. The molecular formula is C10H14BrF3N2O2. The van der Waals surface area contributed by atoms with E-state index in [4.69, 9.17) is 4.74 Å². The minimum atomic E-state index is -4.27. The van der Waals surface area contributed by atoms with Gasteiger partial charge in [0.2, 0.25) is 0 Å². The minimum Gasteiger partial charge on any atom is -0.387 e. The summed E-state index contributed by atoms with van der Waals surface area (Å²) in [4.78, 5) is 0. The molecule has 8 heteroatoms. The zero-order chi connectivity index (χ0) is 13.8. The second kappa shape index (κ2) is 6.53. The van der Waals surface area contributed by atoms with Crippen LogP contribution in [0, 0.1) is 0 Å². The van der Waals surface area contributed by atoms with Gasteiger partial charge in [0.25, 0.3) is 0 Å². The van der Waals surface area contributed by atoms with E-state index in [9.17, 15) is 18.3 Å². The molecule has 4 nitrogen and oxygen atoms in total. The predicted octanol–water partition coefficient (Wildman–Crippen LogP) is 2.67. The van der Waals surface area contributed by atoms with E-state index >= 15 is 0 Å². The first-order valence-corrected chi connectivity index (χ1v) is 6.09. The van der Waals surface area contributed by atoms with Crippen LogP contribution in [0.3, 0.4) is 0 Å². The molecule has 0 saturated heterocycles. The summed E-state index contributed by atoms with van der Waals surface area (Å²) in [7, 11) is 1.51. The highest BCUT2D eigenvalue weighted by atomic mass is 79.9. The van der Waals surface area contributed by atoms with Crippen molar-refractivity contribution >= 4 is 15.9 Å². The fourth-order valence-electron chi connectivity index (χ4n) is 1.50. The standard InChI is InChI=1S/C10H14BrF3N2O2/c1-18-5-4-16-9(7(11)6-15-16)8(17)2-3-10(12,13)14/h6,8,17H,2-5H2,1H3. The molecule has 1 aromatic rings. The number of alkyl halides is 3. The van der Waals surface area contributed by atoms with Gasteiger partial charge in [-0.15, -0.1) is 0 Å². The largest absolute Gasteiger partial charge is 0.389 e. The Bertz CT molecular complexity index is 382. The molecule has 0 bridgehead atoms. The summed E-state index contributed by atoms with van der Waals surface area (Å²) in [5, 5.41) is 13.8. The van der Waals surface area contributed by atoms with Gasteiger partial charge in [-0.05, 0) is 22.4 Å². The van der Waals surface area contributed by atoms with Crippen LogP contribution in [-0.2, 0) is 11.3 Å². The van der Waals surface area contributed by atoms with Gasteiger partial charge < -0.3 is 9.84 Å². The minimum absolute atomic E-state index is 0.344. The zero-order valence-corrected chi connectivity index (χ0v) is 11.3. The molecule has 1 rings (SSSR count). The molecule has 1 unspecified atom stereocenters. The van der Waals surface area contributed by atoms with Gasteiger partial charge in [-0.25, -0.2) is 0 Å². The maximum absolute atomic E-state index is 12.1. The number of hydrogen-bond donors (Lipinski definition) is 1. The summed E-state index contributed by atoms with van der Waals surface area (Å²) in [6, 6.07) is 0. The summed E-state index contributed by atoms with van der Waals surface area (Å²) in [5.41, 5.74) is 0.344. The van der Waals surface area contributed by atoms with Crippen molar-refractivity contribution in [2.75, 3.05) is 13.7 Å². The smallest absolute Gasteiger partial charge is 0.387 e. The molecule has 0 radical (unpaired) electrons. The molecule has 0 amide bonds. The van der Waals surface area contributed by atoms with Crippen molar-refractivity contribution in [3.05, 3.63) is 16.4 Å². The predicted molar refractivity (Wildman–Crippen MR) is 62.1 cm³/mol. The highest BCUT2D eigenvalue weighted by Gasteiger charge is 2.29. The van der Waals surface area contributed by atoms with Crippen LogP contribution in [-0.4, -0.2) is 34.8 Å². The van der Waals surface area contributed by atoms with E-state index in [-0.39, 0.29) is 6.42 Å². The van der Waals surface area contributed by atoms with Crippen LogP contribution in [0.25, 0.3) is 0 Å². The Hall–Kier alpha value is -0.600. The number of hydrogen-bond acceptors (Lipinski definition) is 3. The third-order valence-electron chi connectivity index (χ3n) is 2.36. The summed E-state index contributed by atoms with van der Waals surface area (Å²) in [6.45, 7) is 0.744. The molecule has 0 spiro atoms. The van der Waals surface area contributed by atoms with E-state index in [2.05, 4.69) is 21.0 Å². The van der Waals surface area contributed by atoms with Crippen molar-refractivity contribution in [2.45, 2.75) is 31.7 Å². The Balaban J connectivity index is 2.71. The maximum atomic E-state index is 12.1. The first kappa shape index (κ1) is 15.5. The second-order valence-electron chi connectivity index (χ2n) is 3.76. The molecule has 18 heavy (non-hydrogen) atoms. The third-order valence-corrected chi connectivity index (χ3v) is 2.97. The zero-order valence-electron chi connectivity index (χ0n) is 9.74. The number of halogens is 4. The van der Waals surface area contributed by atoms with Crippen LogP contribution in [0.1, 0.15) is 24.6 Å². The van der Waals surface area contributed by atoms with Crippen molar-refractivity contribution in [1.82, 2.24) is 9.78 Å². The lowest BCUT2D eigenvalue weighted by Crippen LogP contribution is -2.15. The fraction of sp³-hybridized carbons (Fsp3) is 0.700. The Labute approximate surface area is 111 Å². The Morgan fingerprint density at radius 2 is 2.22 bits per heavy atom. The lowest BCUT2D eigenvalue weighted by Gasteiger charge is -2.15. The molecule has 1 N–H and O–H groups in total. The van der Waals surface area contributed by atoms with Crippen LogP contribution in [0.4, 0.5) is 13.2 Å². The van der Waals surface area contributed by atoms with Gasteiger partial charge in [-0.1, -0.05) is 0 Å². The van der Waals surface area contributed by atoms with Crippen LogP contribution in [0.15, 0.2) is 10.7 Å². The van der Waals surface area contributed by atoms with E-state index in [0.717, 1.165) is 0 Å². The molecule has 0 aliphatic carbocycles. The highest BCUT2D eigenvalue weighted by Crippen LogP contribution is 2.30. The summed E-state index contributed by atoms with van der Waals surface area (Å²) < 4.78 is 43.1. The van der Waals surface area contributed by atoms with Crippen molar-refractivity contribution in [1.29, 1.82) is 0 Å². The molecule has 0 aliphatic heterocycles.